The summed E-state index contributed by atoms with van der Waals surface area (Å²) in [7, 11) is 0. The second-order valence-corrected chi connectivity index (χ2v) is 4.74. The summed E-state index contributed by atoms with van der Waals surface area (Å²) in [5, 5.41) is 3.90. The molecule has 102 valence electrons. The van der Waals surface area contributed by atoms with Gasteiger partial charge in [0.15, 0.2) is 11.5 Å². The van der Waals surface area contributed by atoms with Crippen LogP contribution in [0.25, 0.3) is 0 Å². The smallest absolute Gasteiger partial charge is 0.271 e. The van der Waals surface area contributed by atoms with Crippen LogP contribution in [0.1, 0.15) is 30.6 Å². The molecule has 0 fully saturated rings. The number of ether oxygens (including phenoxy) is 2. The summed E-state index contributed by atoms with van der Waals surface area (Å²) in [4.78, 5) is 11.9. The van der Waals surface area contributed by atoms with E-state index >= 15 is 0 Å². The summed E-state index contributed by atoms with van der Waals surface area (Å²) in [5.74, 6) is 1.54. The van der Waals surface area contributed by atoms with Crippen molar-refractivity contribution >= 4 is 12.1 Å². The van der Waals surface area contributed by atoms with Crippen molar-refractivity contribution in [3.63, 3.8) is 0 Å². The molecule has 0 aromatic heterocycles. The lowest BCUT2D eigenvalue weighted by molar-refractivity contribution is 0.0953. The van der Waals surface area contributed by atoms with Crippen LogP contribution >= 0.6 is 0 Å². The van der Waals surface area contributed by atoms with Crippen LogP contribution in [0.5, 0.6) is 11.5 Å². The summed E-state index contributed by atoms with van der Waals surface area (Å²) in [5.41, 5.74) is 3.00. The Kier molecular flexibility index (Phi) is 4.39. The van der Waals surface area contributed by atoms with E-state index in [1.165, 1.54) is 0 Å². The molecule has 19 heavy (non-hydrogen) atoms. The highest BCUT2D eigenvalue weighted by molar-refractivity contribution is 5.95. The summed E-state index contributed by atoms with van der Waals surface area (Å²) in [6, 6.07) is 5.10. The lowest BCUT2D eigenvalue weighted by Crippen LogP contribution is -2.19. The quantitative estimate of drug-likeness (QED) is 0.668. The maximum Gasteiger partial charge on any atom is 0.271 e. The molecule has 0 radical (unpaired) electrons. The van der Waals surface area contributed by atoms with E-state index in [1.807, 2.05) is 0 Å². The minimum absolute atomic E-state index is 0.253. The Bertz CT molecular complexity index is 484. The van der Waals surface area contributed by atoms with Gasteiger partial charge < -0.3 is 9.47 Å². The average molecular weight is 262 g/mol. The second-order valence-electron chi connectivity index (χ2n) is 4.74. The minimum atomic E-state index is -0.253. The van der Waals surface area contributed by atoms with Gasteiger partial charge in [-0.3, -0.25) is 4.79 Å². The van der Waals surface area contributed by atoms with Crippen molar-refractivity contribution in [2.45, 2.75) is 20.3 Å². The lowest BCUT2D eigenvalue weighted by atomic mass is 10.2. The Hall–Kier alpha value is -2.04. The Balaban J connectivity index is 1.97. The molecule has 5 nitrogen and oxygen atoms in total. The second kappa shape index (κ2) is 6.22. The molecule has 1 amide bonds. The molecule has 1 heterocycles. The largest absolute Gasteiger partial charge is 0.486 e. The van der Waals surface area contributed by atoms with Gasteiger partial charge in [0.25, 0.3) is 5.91 Å². The number of nitrogens with zero attached hydrogens (tertiary/aromatic N) is 1. The fraction of sp³-hybridized carbons (Fsp3) is 0.429. The van der Waals surface area contributed by atoms with E-state index < -0.39 is 0 Å². The van der Waals surface area contributed by atoms with Gasteiger partial charge in [-0.05, 0) is 30.5 Å². The first-order valence-corrected chi connectivity index (χ1v) is 6.38. The molecule has 1 aliphatic rings. The molecule has 0 aliphatic carbocycles. The minimum Gasteiger partial charge on any atom is -0.486 e. The number of rotatable bonds is 4. The molecule has 0 unspecified atom stereocenters. The van der Waals surface area contributed by atoms with Gasteiger partial charge in [0.1, 0.15) is 13.2 Å². The summed E-state index contributed by atoms with van der Waals surface area (Å²) in [6.07, 6.45) is 2.54. The number of hydrogen-bond acceptors (Lipinski definition) is 4. The van der Waals surface area contributed by atoms with Crippen LogP contribution in [0.3, 0.4) is 0 Å². The standard InChI is InChI=1S/C14H18N2O3/c1-10(2)5-6-15-16-14(17)11-3-4-12-13(9-11)19-8-7-18-12/h3-4,6,9-10H,5,7-8H2,1-2H3,(H,16,17)/b15-6+. The molecule has 0 spiro atoms. The van der Waals surface area contributed by atoms with Crippen molar-refractivity contribution in [2.24, 2.45) is 11.0 Å². The van der Waals surface area contributed by atoms with Gasteiger partial charge in [0.2, 0.25) is 0 Å². The lowest BCUT2D eigenvalue weighted by Gasteiger charge is -2.18. The fourth-order valence-corrected chi connectivity index (χ4v) is 1.62. The van der Waals surface area contributed by atoms with Gasteiger partial charge in [-0.2, -0.15) is 5.10 Å². The Morgan fingerprint density at radius 2 is 2.11 bits per heavy atom. The number of hydrazone groups is 1. The van der Waals surface area contributed by atoms with Crippen molar-refractivity contribution in [3.05, 3.63) is 23.8 Å². The fourth-order valence-electron chi connectivity index (χ4n) is 1.62. The van der Waals surface area contributed by atoms with E-state index in [0.717, 1.165) is 6.42 Å². The normalized spacial score (nSPS) is 13.8. The van der Waals surface area contributed by atoms with Gasteiger partial charge in [0, 0.05) is 11.8 Å². The number of nitrogens with one attached hydrogen (secondary N) is 1. The van der Waals surface area contributed by atoms with E-state index in [0.29, 0.717) is 36.2 Å². The zero-order valence-electron chi connectivity index (χ0n) is 11.2. The molecule has 2 rings (SSSR count). The van der Waals surface area contributed by atoms with Crippen LogP contribution in [0, 0.1) is 5.92 Å². The van der Waals surface area contributed by atoms with Crippen molar-refractivity contribution in [1.82, 2.24) is 5.43 Å². The molecular formula is C14H18N2O3. The van der Waals surface area contributed by atoms with Crippen molar-refractivity contribution < 1.29 is 14.3 Å². The highest BCUT2D eigenvalue weighted by atomic mass is 16.6. The molecule has 0 saturated heterocycles. The van der Waals surface area contributed by atoms with Crippen molar-refractivity contribution in [2.75, 3.05) is 13.2 Å². The zero-order chi connectivity index (χ0) is 13.7. The molecule has 5 heteroatoms. The van der Waals surface area contributed by atoms with E-state index in [2.05, 4.69) is 24.4 Å². The number of hydrogen-bond donors (Lipinski definition) is 1. The molecule has 0 atom stereocenters. The predicted molar refractivity (Wildman–Crippen MR) is 72.8 cm³/mol. The van der Waals surface area contributed by atoms with Crippen LogP contribution in [0.4, 0.5) is 0 Å². The molecule has 1 aromatic rings. The first-order valence-electron chi connectivity index (χ1n) is 6.38. The van der Waals surface area contributed by atoms with Crippen LogP contribution in [0.2, 0.25) is 0 Å². The molecule has 0 saturated carbocycles. The van der Waals surface area contributed by atoms with Crippen molar-refractivity contribution in [1.29, 1.82) is 0 Å². The van der Waals surface area contributed by atoms with Gasteiger partial charge in [-0.1, -0.05) is 13.8 Å². The third-order valence-corrected chi connectivity index (χ3v) is 2.64. The maximum absolute atomic E-state index is 11.9. The summed E-state index contributed by atoms with van der Waals surface area (Å²) in [6.45, 7) is 5.23. The van der Waals surface area contributed by atoms with Gasteiger partial charge >= 0.3 is 0 Å². The van der Waals surface area contributed by atoms with Crippen LogP contribution < -0.4 is 14.9 Å². The third-order valence-electron chi connectivity index (χ3n) is 2.64. The first kappa shape index (κ1) is 13.4. The molecule has 1 aliphatic heterocycles. The highest BCUT2D eigenvalue weighted by Crippen LogP contribution is 2.30. The number of carbonyl (C=O) groups excluding carboxylic acids is 1. The Morgan fingerprint density at radius 3 is 2.84 bits per heavy atom. The molecule has 1 N–H and O–H groups in total. The summed E-state index contributed by atoms with van der Waals surface area (Å²) >= 11 is 0. The highest BCUT2D eigenvalue weighted by Gasteiger charge is 2.14. The summed E-state index contributed by atoms with van der Waals surface area (Å²) < 4.78 is 10.8. The van der Waals surface area contributed by atoms with Crippen LogP contribution in [0.15, 0.2) is 23.3 Å². The van der Waals surface area contributed by atoms with Gasteiger partial charge in [-0.15, -0.1) is 0 Å². The van der Waals surface area contributed by atoms with Crippen molar-refractivity contribution in [3.8, 4) is 11.5 Å². The van der Waals surface area contributed by atoms with E-state index in [1.54, 1.807) is 24.4 Å². The first-order chi connectivity index (χ1) is 9.16. The number of carbonyl (C=O) groups is 1. The third kappa shape index (κ3) is 3.71. The Labute approximate surface area is 112 Å². The van der Waals surface area contributed by atoms with Gasteiger partial charge in [0.05, 0.1) is 0 Å². The van der Waals surface area contributed by atoms with Crippen LogP contribution in [-0.4, -0.2) is 25.3 Å². The van der Waals surface area contributed by atoms with Gasteiger partial charge in [-0.25, -0.2) is 5.43 Å². The van der Waals surface area contributed by atoms with E-state index in [-0.39, 0.29) is 5.91 Å². The molecule has 1 aromatic carbocycles. The number of amides is 1. The topological polar surface area (TPSA) is 59.9 Å². The maximum atomic E-state index is 11.9. The average Bonchev–Trinajstić information content (AvgIpc) is 2.42. The zero-order valence-corrected chi connectivity index (χ0v) is 11.2. The van der Waals surface area contributed by atoms with Crippen LogP contribution in [-0.2, 0) is 0 Å². The SMILES string of the molecule is CC(C)C/C=N/NC(=O)c1ccc2c(c1)OCCO2. The predicted octanol–water partition coefficient (Wildman–Crippen LogP) is 2.22. The number of fused-ring (bicyclic) bond motifs is 1. The van der Waals surface area contributed by atoms with E-state index in [9.17, 15) is 4.79 Å². The number of benzene rings is 1. The molecule has 0 bridgehead atoms. The molecular weight excluding hydrogens is 244 g/mol. The monoisotopic (exact) mass is 262 g/mol. The Morgan fingerprint density at radius 1 is 1.37 bits per heavy atom. The van der Waals surface area contributed by atoms with E-state index in [4.69, 9.17) is 9.47 Å².